The molecule has 1 aromatic heterocycles. The van der Waals surface area contributed by atoms with Gasteiger partial charge in [-0.3, -0.25) is 14.2 Å². The third-order valence-corrected chi connectivity index (χ3v) is 6.55. The Kier molecular flexibility index (Phi) is 6.25. The highest BCUT2D eigenvalue weighted by Gasteiger charge is 2.29. The summed E-state index contributed by atoms with van der Waals surface area (Å²) in [5.41, 5.74) is 0.668. The van der Waals surface area contributed by atoms with E-state index in [1.807, 2.05) is 36.1 Å². The summed E-state index contributed by atoms with van der Waals surface area (Å²) in [4.78, 5) is 32.6. The molecule has 5 nitrogen and oxygen atoms in total. The Balaban J connectivity index is 1.89. The third kappa shape index (κ3) is 4.05. The van der Waals surface area contributed by atoms with Crippen LogP contribution in [0.1, 0.15) is 59.4 Å². The van der Waals surface area contributed by atoms with Crippen molar-refractivity contribution in [2.45, 2.75) is 76.7 Å². The Morgan fingerprint density at radius 1 is 1.26 bits per heavy atom. The third-order valence-electron chi connectivity index (χ3n) is 5.61. The van der Waals surface area contributed by atoms with Gasteiger partial charge in [-0.1, -0.05) is 30.8 Å². The maximum absolute atomic E-state index is 13.0. The minimum atomic E-state index is -0.0235. The number of likely N-dealkylation sites (tertiary alicyclic amines) is 1. The second-order valence-electron chi connectivity index (χ2n) is 7.56. The Morgan fingerprint density at radius 3 is 2.59 bits per heavy atom. The number of hydrogen-bond donors (Lipinski definition) is 0. The molecule has 0 radical (unpaired) electrons. The fourth-order valence-electron chi connectivity index (χ4n) is 3.91. The van der Waals surface area contributed by atoms with Crippen LogP contribution in [0.15, 0.2) is 34.2 Å². The number of aromatic nitrogens is 2. The molecule has 0 unspecified atom stereocenters. The van der Waals surface area contributed by atoms with Gasteiger partial charge in [0.1, 0.15) is 0 Å². The first-order valence-electron chi connectivity index (χ1n) is 9.89. The Bertz CT molecular complexity index is 869. The molecule has 27 heavy (non-hydrogen) atoms. The Hall–Kier alpha value is -1.82. The molecule has 2 aromatic rings. The number of thioether (sulfide) groups is 1. The number of amides is 1. The fourth-order valence-corrected chi connectivity index (χ4v) is 4.88. The predicted octanol–water partition coefficient (Wildman–Crippen LogP) is 4.25. The smallest absolute Gasteiger partial charge is 0.262 e. The highest BCUT2D eigenvalue weighted by molar-refractivity contribution is 7.99. The van der Waals surface area contributed by atoms with Crippen molar-refractivity contribution >= 4 is 28.6 Å². The summed E-state index contributed by atoms with van der Waals surface area (Å²) in [6, 6.07) is 8.03. The number of piperidine rings is 1. The van der Waals surface area contributed by atoms with E-state index in [0.717, 1.165) is 19.3 Å². The summed E-state index contributed by atoms with van der Waals surface area (Å²) in [5.74, 6) is 0.452. The lowest BCUT2D eigenvalue weighted by Gasteiger charge is -2.39. The van der Waals surface area contributed by atoms with Crippen molar-refractivity contribution in [2.24, 2.45) is 0 Å². The summed E-state index contributed by atoms with van der Waals surface area (Å²) in [6.45, 7) is 8.34. The highest BCUT2D eigenvalue weighted by Crippen LogP contribution is 2.26. The number of carbonyl (C=O) groups excluding carboxylic acids is 1. The molecule has 1 aliphatic heterocycles. The summed E-state index contributed by atoms with van der Waals surface area (Å²) in [5, 5.41) is 1.27. The molecule has 2 heterocycles. The Labute approximate surface area is 165 Å². The van der Waals surface area contributed by atoms with Crippen molar-refractivity contribution in [3.8, 4) is 0 Å². The molecule has 6 heteroatoms. The molecule has 1 aliphatic rings. The van der Waals surface area contributed by atoms with Crippen molar-refractivity contribution in [1.82, 2.24) is 14.5 Å². The molecule has 0 aliphatic carbocycles. The first-order valence-corrected chi connectivity index (χ1v) is 10.9. The molecule has 3 atom stereocenters. The maximum atomic E-state index is 13.0. The van der Waals surface area contributed by atoms with Gasteiger partial charge in [0.25, 0.3) is 5.56 Å². The van der Waals surface area contributed by atoms with E-state index in [9.17, 15) is 9.59 Å². The van der Waals surface area contributed by atoms with Gasteiger partial charge in [0, 0.05) is 18.1 Å². The zero-order chi connectivity index (χ0) is 19.6. The van der Waals surface area contributed by atoms with E-state index < -0.39 is 0 Å². The van der Waals surface area contributed by atoms with Crippen LogP contribution in [0.25, 0.3) is 10.9 Å². The van der Waals surface area contributed by atoms with Gasteiger partial charge in [0.05, 0.1) is 16.7 Å². The molecule has 1 aromatic carbocycles. The lowest BCUT2D eigenvalue weighted by molar-refractivity contribution is -0.134. The zero-order valence-corrected chi connectivity index (χ0v) is 17.5. The molecule has 1 amide bonds. The monoisotopic (exact) mass is 387 g/mol. The van der Waals surface area contributed by atoms with E-state index in [-0.39, 0.29) is 29.6 Å². The van der Waals surface area contributed by atoms with Crippen LogP contribution in [0.2, 0.25) is 0 Å². The quantitative estimate of drug-likeness (QED) is 0.568. The largest absolute Gasteiger partial charge is 0.337 e. The van der Waals surface area contributed by atoms with Gasteiger partial charge < -0.3 is 4.90 Å². The zero-order valence-electron chi connectivity index (χ0n) is 16.6. The molecular formula is C21H29N3O2S. The lowest BCUT2D eigenvalue weighted by atomic mass is 9.98. The van der Waals surface area contributed by atoms with Gasteiger partial charge in [-0.2, -0.15) is 0 Å². The molecule has 0 spiro atoms. The van der Waals surface area contributed by atoms with E-state index in [1.54, 1.807) is 4.57 Å². The molecule has 0 saturated carbocycles. The van der Waals surface area contributed by atoms with Gasteiger partial charge in [0.15, 0.2) is 5.16 Å². The van der Waals surface area contributed by atoms with Crippen LogP contribution in [-0.4, -0.2) is 38.2 Å². The van der Waals surface area contributed by atoms with Crippen molar-refractivity contribution < 1.29 is 4.79 Å². The summed E-state index contributed by atoms with van der Waals surface area (Å²) in [7, 11) is 0. The van der Waals surface area contributed by atoms with E-state index in [1.165, 1.54) is 18.2 Å². The highest BCUT2D eigenvalue weighted by atomic mass is 32.2. The number of fused-ring (bicyclic) bond motifs is 1. The molecular weight excluding hydrogens is 358 g/mol. The van der Waals surface area contributed by atoms with Crippen LogP contribution in [-0.2, 0) is 4.79 Å². The van der Waals surface area contributed by atoms with Gasteiger partial charge >= 0.3 is 0 Å². The van der Waals surface area contributed by atoms with Crippen LogP contribution >= 0.6 is 11.8 Å². The van der Waals surface area contributed by atoms with E-state index in [4.69, 9.17) is 4.98 Å². The number of benzene rings is 1. The summed E-state index contributed by atoms with van der Waals surface area (Å²) >= 11 is 1.39. The van der Waals surface area contributed by atoms with Crippen LogP contribution in [0.3, 0.4) is 0 Å². The standard InChI is InChI=1S/C21H29N3O2S/c1-5-14(2)24-20(26)17-11-6-7-12-18(17)22-21(24)27-13-19(25)23-15(3)9-8-10-16(23)4/h6-7,11-12,14-16H,5,8-10,13H2,1-4H3/t14-,15-,16+/m1/s1. The second kappa shape index (κ2) is 8.46. The average Bonchev–Trinajstić information content (AvgIpc) is 2.66. The van der Waals surface area contributed by atoms with Crippen LogP contribution in [0.4, 0.5) is 0 Å². The fraction of sp³-hybridized carbons (Fsp3) is 0.571. The van der Waals surface area contributed by atoms with Crippen LogP contribution in [0, 0.1) is 0 Å². The minimum absolute atomic E-state index is 0.0235. The normalized spacial score (nSPS) is 21.4. The molecule has 1 fully saturated rings. The molecule has 1 saturated heterocycles. The minimum Gasteiger partial charge on any atom is -0.337 e. The van der Waals surface area contributed by atoms with E-state index >= 15 is 0 Å². The SMILES string of the molecule is CC[C@@H](C)n1c(SCC(=O)N2[C@H](C)CCC[C@@H]2C)nc2ccccc2c1=O. The van der Waals surface area contributed by atoms with Crippen molar-refractivity contribution in [3.05, 3.63) is 34.6 Å². The number of para-hydroxylation sites is 1. The number of nitrogens with zero attached hydrogens (tertiary/aromatic N) is 3. The predicted molar refractivity (Wildman–Crippen MR) is 111 cm³/mol. The topological polar surface area (TPSA) is 55.2 Å². The molecule has 0 N–H and O–H groups in total. The molecule has 146 valence electrons. The van der Waals surface area contributed by atoms with Gasteiger partial charge in [0.2, 0.25) is 5.91 Å². The van der Waals surface area contributed by atoms with E-state index in [2.05, 4.69) is 20.8 Å². The number of hydrogen-bond acceptors (Lipinski definition) is 4. The first kappa shape index (κ1) is 19.9. The Morgan fingerprint density at radius 2 is 1.93 bits per heavy atom. The molecule has 3 rings (SSSR count). The average molecular weight is 388 g/mol. The van der Waals surface area contributed by atoms with Crippen LogP contribution < -0.4 is 5.56 Å². The van der Waals surface area contributed by atoms with Crippen molar-refractivity contribution in [2.75, 3.05) is 5.75 Å². The summed E-state index contributed by atoms with van der Waals surface area (Å²) < 4.78 is 1.75. The van der Waals surface area contributed by atoms with Crippen molar-refractivity contribution in [3.63, 3.8) is 0 Å². The van der Waals surface area contributed by atoms with Crippen molar-refractivity contribution in [1.29, 1.82) is 0 Å². The number of carbonyl (C=O) groups is 1. The number of rotatable bonds is 5. The van der Waals surface area contributed by atoms with Crippen LogP contribution in [0.5, 0.6) is 0 Å². The second-order valence-corrected chi connectivity index (χ2v) is 8.51. The van der Waals surface area contributed by atoms with Gasteiger partial charge in [-0.15, -0.1) is 0 Å². The van der Waals surface area contributed by atoms with E-state index in [0.29, 0.717) is 21.8 Å². The lowest BCUT2D eigenvalue weighted by Crippen LogP contribution is -2.48. The summed E-state index contributed by atoms with van der Waals surface area (Å²) in [6.07, 6.45) is 4.14. The molecule has 0 bridgehead atoms. The maximum Gasteiger partial charge on any atom is 0.262 e. The first-order chi connectivity index (χ1) is 12.9. The van der Waals surface area contributed by atoms with Gasteiger partial charge in [-0.25, -0.2) is 4.98 Å². The van der Waals surface area contributed by atoms with Gasteiger partial charge in [-0.05, 0) is 58.6 Å².